The second-order valence-corrected chi connectivity index (χ2v) is 16.1. The average molecular weight is 922 g/mol. The Balaban J connectivity index is 0.000000660. The molecule has 0 bridgehead atoms. The largest absolute Gasteiger partial charge is 0.319 e. The molecule has 0 radical (unpaired) electrons. The van der Waals surface area contributed by atoms with E-state index in [4.69, 9.17) is 11.6 Å². The Hall–Kier alpha value is -6.08. The number of para-hydroxylation sites is 4. The van der Waals surface area contributed by atoms with E-state index in [0.717, 1.165) is 66.9 Å². The van der Waals surface area contributed by atoms with Crippen LogP contribution in [0.2, 0.25) is 0 Å². The van der Waals surface area contributed by atoms with Crippen molar-refractivity contribution >= 4 is 33.0 Å². The summed E-state index contributed by atoms with van der Waals surface area (Å²) in [6.45, 7) is 18.9. The number of pyridine rings is 1. The minimum absolute atomic E-state index is 0. The zero-order valence-corrected chi connectivity index (χ0v) is 35.3. The first-order chi connectivity index (χ1) is 27.0. The molecule has 0 N–H and O–H groups in total. The van der Waals surface area contributed by atoms with Crippen molar-refractivity contribution in [2.75, 3.05) is 0 Å². The van der Waals surface area contributed by atoms with Crippen LogP contribution in [0, 0.1) is 19.0 Å². The van der Waals surface area contributed by atoms with Gasteiger partial charge in [0.2, 0.25) is 5.54 Å². The van der Waals surface area contributed by atoms with Gasteiger partial charge in [-0.25, -0.2) is 11.6 Å². The van der Waals surface area contributed by atoms with Crippen molar-refractivity contribution in [2.45, 2.75) is 52.5 Å². The van der Waals surface area contributed by atoms with E-state index in [2.05, 4.69) is 197 Å². The molecule has 0 amide bonds. The van der Waals surface area contributed by atoms with Crippen molar-refractivity contribution < 1.29 is 25.6 Å². The van der Waals surface area contributed by atoms with Crippen molar-refractivity contribution in [1.29, 1.82) is 0 Å². The zero-order valence-electron chi connectivity index (χ0n) is 33.1. The summed E-state index contributed by atoms with van der Waals surface area (Å²) in [5.41, 5.74) is 12.6. The van der Waals surface area contributed by atoms with Crippen LogP contribution in [0.25, 0.3) is 77.1 Å². The van der Waals surface area contributed by atoms with Gasteiger partial charge in [-0.05, 0) is 51.6 Å². The maximum atomic E-state index is 6.48. The molecule has 0 saturated carbocycles. The van der Waals surface area contributed by atoms with Gasteiger partial charge in [-0.2, -0.15) is 17.7 Å². The van der Waals surface area contributed by atoms with Crippen molar-refractivity contribution in [3.8, 4) is 39.3 Å². The van der Waals surface area contributed by atoms with Crippen LogP contribution < -0.4 is 4.57 Å². The molecule has 57 heavy (non-hydrogen) atoms. The fraction of sp³-hybridized carbons (Fsp3) is 0.157. The molecule has 9 aromatic rings. The van der Waals surface area contributed by atoms with Gasteiger partial charge in [0.25, 0.3) is 6.33 Å². The summed E-state index contributed by atoms with van der Waals surface area (Å²) in [5.74, 6) is 0. The normalized spacial score (nSPS) is 11.5. The Morgan fingerprint density at radius 3 is 1.77 bits per heavy atom. The number of hydrogen-bond donors (Lipinski definition) is 0. The van der Waals surface area contributed by atoms with E-state index in [-0.39, 0.29) is 32.0 Å². The van der Waals surface area contributed by atoms with Crippen molar-refractivity contribution in [2.24, 2.45) is 0 Å². The van der Waals surface area contributed by atoms with E-state index in [1.54, 1.807) is 0 Å². The Kier molecular flexibility index (Phi) is 10.9. The van der Waals surface area contributed by atoms with Crippen LogP contribution >= 0.6 is 0 Å². The second kappa shape index (κ2) is 15.8. The molecule has 0 aliphatic rings. The van der Waals surface area contributed by atoms with Gasteiger partial charge in [0.05, 0.1) is 22.2 Å². The van der Waals surface area contributed by atoms with Gasteiger partial charge >= 0.3 is 0 Å². The quantitative estimate of drug-likeness (QED) is 0.125. The van der Waals surface area contributed by atoms with Crippen LogP contribution in [0.4, 0.5) is 0 Å². The molecule has 284 valence electrons. The summed E-state index contributed by atoms with van der Waals surface area (Å²) < 4.78 is 6.66. The van der Waals surface area contributed by atoms with Crippen LogP contribution in [0.1, 0.15) is 47.1 Å². The summed E-state index contributed by atoms with van der Waals surface area (Å²) in [6, 6.07) is 57.5. The van der Waals surface area contributed by atoms with Gasteiger partial charge in [-0.3, -0.25) is 4.57 Å². The van der Waals surface area contributed by atoms with Gasteiger partial charge in [-0.1, -0.05) is 148 Å². The molecule has 0 aliphatic heterocycles. The first kappa shape index (κ1) is 39.2. The summed E-state index contributed by atoms with van der Waals surface area (Å²) >= 11 is 0. The number of hydrogen-bond acceptors (Lipinski definition) is 1. The minimum Gasteiger partial charge on any atom is -0.319 e. The van der Waals surface area contributed by atoms with Crippen LogP contribution in [-0.2, 0) is 26.5 Å². The summed E-state index contributed by atoms with van der Waals surface area (Å²) in [4.78, 5) is 8.15. The number of aromatic nitrogens is 4. The standard InChI is InChI=1S/C46H35N4.C5H9N.Pt/c1-46(2,3)34-28-35(30-36(29-34)50-41-24-11-10-20-39(41)40-23-15-27-47-45(40)50)48-31-49(43-26-13-12-25-42(43)48)44-37(32-16-6-4-7-17-32)21-14-22-38(44)33-18-8-5-9-19-33;1-5(2,3)6-4;/h4-29H,1-3H3;1-3H3;/q-1;;. The molecule has 0 fully saturated rings. The number of imidazole rings is 1. The number of benzene rings is 6. The minimum atomic E-state index is -0.167. The SMILES string of the molecule is CC(C)(C)c1cc(-n2[c-][n+](-c3c(-c4ccccc4)cccc3-c3ccccc3)c3ccccc32)[c-]c(-n2c3ccccc3c3cccnc32)c1.[C-]#[N+]C(C)(C)C.[Pt]. The van der Waals surface area contributed by atoms with E-state index in [1.165, 1.54) is 10.9 Å². The molecule has 6 aromatic carbocycles. The molecule has 3 heterocycles. The monoisotopic (exact) mass is 921 g/mol. The fourth-order valence-corrected chi connectivity index (χ4v) is 7.14. The van der Waals surface area contributed by atoms with E-state index < -0.39 is 0 Å². The van der Waals surface area contributed by atoms with Crippen molar-refractivity contribution in [3.05, 3.63) is 187 Å². The maximum absolute atomic E-state index is 6.48. The average Bonchev–Trinajstić information content (AvgIpc) is 3.77. The predicted octanol–water partition coefficient (Wildman–Crippen LogP) is 12.3. The number of fused-ring (bicyclic) bond motifs is 4. The molecular weight excluding hydrogens is 878 g/mol. The molecule has 0 unspecified atom stereocenters. The summed E-state index contributed by atoms with van der Waals surface area (Å²) in [6.07, 6.45) is 5.72. The third-order valence-corrected chi connectivity index (χ3v) is 9.95. The van der Waals surface area contributed by atoms with Crippen molar-refractivity contribution in [1.82, 2.24) is 14.1 Å². The second-order valence-electron chi connectivity index (χ2n) is 16.1. The molecule has 0 saturated heterocycles. The fourth-order valence-electron chi connectivity index (χ4n) is 7.14. The van der Waals surface area contributed by atoms with E-state index in [1.807, 2.05) is 33.0 Å². The molecule has 0 atom stereocenters. The first-order valence-electron chi connectivity index (χ1n) is 19.0. The molecule has 9 rings (SSSR count). The van der Waals surface area contributed by atoms with Crippen LogP contribution in [0.5, 0.6) is 0 Å². The molecule has 0 aliphatic carbocycles. The van der Waals surface area contributed by atoms with Crippen LogP contribution in [-0.4, -0.2) is 19.7 Å². The van der Waals surface area contributed by atoms with E-state index in [9.17, 15) is 0 Å². The zero-order chi connectivity index (χ0) is 39.0. The first-order valence-corrected chi connectivity index (χ1v) is 19.0. The molecule has 0 spiro atoms. The van der Waals surface area contributed by atoms with Gasteiger partial charge in [-0.15, -0.1) is 6.07 Å². The maximum Gasteiger partial charge on any atom is 0.268 e. The van der Waals surface area contributed by atoms with Crippen LogP contribution in [0.15, 0.2) is 158 Å². The summed E-state index contributed by atoms with van der Waals surface area (Å²) in [5, 5.41) is 2.30. The van der Waals surface area contributed by atoms with E-state index >= 15 is 0 Å². The van der Waals surface area contributed by atoms with Crippen LogP contribution in [0.3, 0.4) is 0 Å². The Labute approximate surface area is 350 Å². The third-order valence-electron chi connectivity index (χ3n) is 9.95. The molecule has 6 heteroatoms. The Morgan fingerprint density at radius 1 is 0.614 bits per heavy atom. The van der Waals surface area contributed by atoms with Gasteiger partial charge in [0, 0.05) is 58.8 Å². The third kappa shape index (κ3) is 7.71. The number of rotatable bonds is 5. The molecular formula is C51H44N5Pt-. The smallest absolute Gasteiger partial charge is 0.268 e. The van der Waals surface area contributed by atoms with Gasteiger partial charge in [0.15, 0.2) is 0 Å². The molecule has 3 aromatic heterocycles. The summed E-state index contributed by atoms with van der Waals surface area (Å²) in [7, 11) is 0. The van der Waals surface area contributed by atoms with Gasteiger partial charge < -0.3 is 14.0 Å². The van der Waals surface area contributed by atoms with Crippen molar-refractivity contribution in [3.63, 3.8) is 0 Å². The predicted molar refractivity (Wildman–Crippen MR) is 231 cm³/mol. The number of nitrogens with zero attached hydrogens (tertiary/aromatic N) is 5. The van der Waals surface area contributed by atoms with Gasteiger partial charge in [0.1, 0.15) is 5.65 Å². The van der Waals surface area contributed by atoms with E-state index in [0.29, 0.717) is 0 Å². The Morgan fingerprint density at radius 2 is 1.16 bits per heavy atom. The Bertz CT molecular complexity index is 2770. The molecule has 5 nitrogen and oxygen atoms in total. The topological polar surface area (TPSA) is 31.0 Å².